The minimum atomic E-state index is -0.195. The molecule has 0 fully saturated rings. The van der Waals surface area contributed by atoms with E-state index in [2.05, 4.69) is 27.1 Å². The molecule has 6 heteroatoms. The summed E-state index contributed by atoms with van der Waals surface area (Å²) in [7, 11) is 0. The molecule has 0 aliphatic heterocycles. The third-order valence-electron chi connectivity index (χ3n) is 2.43. The topological polar surface area (TPSA) is 80.9 Å². The van der Waals surface area contributed by atoms with Crippen molar-refractivity contribution in [1.82, 2.24) is 15.3 Å². The van der Waals surface area contributed by atoms with Gasteiger partial charge < -0.3 is 11.1 Å². The number of hydrogen-bond acceptors (Lipinski definition) is 5. The molecule has 2 rings (SSSR count). The Balaban J connectivity index is 2.01. The molecular weight excluding hydrogens is 272 g/mol. The number of aryl methyl sites for hydroxylation is 1. The number of aromatic nitrogens is 2. The fourth-order valence-electron chi connectivity index (χ4n) is 1.55. The van der Waals surface area contributed by atoms with Crippen LogP contribution in [0.3, 0.4) is 0 Å². The van der Waals surface area contributed by atoms with Gasteiger partial charge >= 0.3 is 0 Å². The lowest BCUT2D eigenvalue weighted by Crippen LogP contribution is -2.23. The van der Waals surface area contributed by atoms with Gasteiger partial charge in [-0.3, -0.25) is 9.78 Å². The van der Waals surface area contributed by atoms with E-state index in [1.807, 2.05) is 12.3 Å². The summed E-state index contributed by atoms with van der Waals surface area (Å²) in [5.41, 5.74) is 7.31. The lowest BCUT2D eigenvalue weighted by Gasteiger charge is -2.03. The second-order valence-corrected chi connectivity index (χ2v) is 5.07. The first kappa shape index (κ1) is 14.2. The Kier molecular flexibility index (Phi) is 4.82. The Morgan fingerprint density at radius 2 is 2.35 bits per heavy atom. The summed E-state index contributed by atoms with van der Waals surface area (Å²) in [4.78, 5) is 20.3. The third kappa shape index (κ3) is 3.88. The average Bonchev–Trinajstić information content (AvgIpc) is 2.88. The molecule has 2 heterocycles. The van der Waals surface area contributed by atoms with Crippen LogP contribution in [-0.2, 0) is 6.54 Å². The summed E-state index contributed by atoms with van der Waals surface area (Å²) in [5.74, 6) is 5.38. The first-order valence-corrected chi connectivity index (χ1v) is 6.90. The van der Waals surface area contributed by atoms with E-state index in [0.717, 1.165) is 10.7 Å². The first-order chi connectivity index (χ1) is 9.69. The van der Waals surface area contributed by atoms with Gasteiger partial charge in [-0.25, -0.2) is 4.98 Å². The predicted molar refractivity (Wildman–Crippen MR) is 78.2 cm³/mol. The molecule has 0 atom stereocenters. The third-order valence-corrected chi connectivity index (χ3v) is 3.25. The summed E-state index contributed by atoms with van der Waals surface area (Å²) < 4.78 is 0. The van der Waals surface area contributed by atoms with E-state index in [-0.39, 0.29) is 12.5 Å². The van der Waals surface area contributed by atoms with Gasteiger partial charge in [0.15, 0.2) is 0 Å². The van der Waals surface area contributed by atoms with E-state index in [1.54, 1.807) is 23.6 Å². The Morgan fingerprint density at radius 3 is 3.05 bits per heavy atom. The molecule has 1 amide bonds. The van der Waals surface area contributed by atoms with Gasteiger partial charge in [0.25, 0.3) is 5.91 Å². The van der Waals surface area contributed by atoms with Crippen molar-refractivity contribution in [3.8, 4) is 11.8 Å². The average molecular weight is 286 g/mol. The minimum Gasteiger partial charge on any atom is -0.346 e. The maximum Gasteiger partial charge on any atom is 0.253 e. The number of hydrogen-bond donors (Lipinski definition) is 2. The molecule has 3 N–H and O–H groups in total. The zero-order valence-electron chi connectivity index (χ0n) is 11.0. The van der Waals surface area contributed by atoms with Crippen LogP contribution in [0.15, 0.2) is 23.8 Å². The summed E-state index contributed by atoms with van der Waals surface area (Å²) in [5, 5.41) is 5.71. The zero-order valence-corrected chi connectivity index (χ0v) is 11.8. The lowest BCUT2D eigenvalue weighted by molar-refractivity contribution is 0.0950. The highest BCUT2D eigenvalue weighted by atomic mass is 32.1. The van der Waals surface area contributed by atoms with E-state index in [4.69, 9.17) is 5.73 Å². The van der Waals surface area contributed by atoms with Crippen molar-refractivity contribution >= 4 is 17.2 Å². The van der Waals surface area contributed by atoms with Crippen LogP contribution < -0.4 is 11.1 Å². The molecule has 0 saturated heterocycles. The quantitative estimate of drug-likeness (QED) is 0.828. The van der Waals surface area contributed by atoms with Crippen LogP contribution in [0, 0.1) is 18.8 Å². The fourth-order valence-corrected chi connectivity index (χ4v) is 2.16. The van der Waals surface area contributed by atoms with Gasteiger partial charge in [0.2, 0.25) is 0 Å². The molecule has 0 aromatic carbocycles. The number of rotatable bonds is 3. The standard InChI is InChI=1S/C14H14N4OS/c1-10-18-13(9-20-10)8-17-14(19)12-5-11(3-2-4-15)6-16-7-12/h5-7,9H,4,8,15H2,1H3,(H,17,19). The van der Waals surface area contributed by atoms with Gasteiger partial charge in [0.1, 0.15) is 0 Å². The Hall–Kier alpha value is -2.23. The van der Waals surface area contributed by atoms with Crippen LogP contribution in [0.2, 0.25) is 0 Å². The number of nitrogens with two attached hydrogens (primary N) is 1. The number of thiazole rings is 1. The second kappa shape index (κ2) is 6.80. The SMILES string of the molecule is Cc1nc(CNC(=O)c2cncc(C#CCN)c2)cs1. The number of amides is 1. The van der Waals surface area contributed by atoms with Crippen LogP contribution in [0.25, 0.3) is 0 Å². The molecule has 0 saturated carbocycles. The van der Waals surface area contributed by atoms with Crippen LogP contribution in [-0.4, -0.2) is 22.4 Å². The van der Waals surface area contributed by atoms with Crippen molar-refractivity contribution in [2.75, 3.05) is 6.54 Å². The lowest BCUT2D eigenvalue weighted by atomic mass is 10.2. The number of carbonyl (C=O) groups is 1. The summed E-state index contributed by atoms with van der Waals surface area (Å²) in [6, 6.07) is 1.69. The maximum absolute atomic E-state index is 12.0. The largest absolute Gasteiger partial charge is 0.346 e. The Labute approximate surface area is 121 Å². The van der Waals surface area contributed by atoms with Crippen molar-refractivity contribution < 1.29 is 4.79 Å². The first-order valence-electron chi connectivity index (χ1n) is 6.02. The van der Waals surface area contributed by atoms with Gasteiger partial charge in [-0.05, 0) is 13.0 Å². The molecule has 0 aliphatic carbocycles. The highest BCUT2D eigenvalue weighted by Crippen LogP contribution is 2.08. The summed E-state index contributed by atoms with van der Waals surface area (Å²) in [6.45, 7) is 2.61. The molecule has 2 aromatic heterocycles. The van der Waals surface area contributed by atoms with Gasteiger partial charge in [-0.1, -0.05) is 11.8 Å². The van der Waals surface area contributed by atoms with Crippen LogP contribution in [0.4, 0.5) is 0 Å². The van der Waals surface area contributed by atoms with Crippen LogP contribution >= 0.6 is 11.3 Å². The van der Waals surface area contributed by atoms with Crippen molar-refractivity contribution in [2.45, 2.75) is 13.5 Å². The van der Waals surface area contributed by atoms with E-state index in [0.29, 0.717) is 17.7 Å². The van der Waals surface area contributed by atoms with Crippen molar-refractivity contribution in [3.63, 3.8) is 0 Å². The highest BCUT2D eigenvalue weighted by Gasteiger charge is 2.07. The zero-order chi connectivity index (χ0) is 14.4. The number of pyridine rings is 1. The van der Waals surface area contributed by atoms with Crippen molar-refractivity contribution in [2.24, 2.45) is 5.73 Å². The van der Waals surface area contributed by atoms with Crippen molar-refractivity contribution in [3.05, 3.63) is 45.7 Å². The molecule has 0 aliphatic rings. The van der Waals surface area contributed by atoms with Crippen LogP contribution in [0.5, 0.6) is 0 Å². The van der Waals surface area contributed by atoms with Gasteiger partial charge in [0.05, 0.1) is 29.4 Å². The monoisotopic (exact) mass is 286 g/mol. The fraction of sp³-hybridized carbons (Fsp3) is 0.214. The maximum atomic E-state index is 12.0. The number of nitrogens with zero attached hydrogens (tertiary/aromatic N) is 2. The minimum absolute atomic E-state index is 0.195. The van der Waals surface area contributed by atoms with Gasteiger partial charge in [0, 0.05) is 23.3 Å². The van der Waals surface area contributed by atoms with Gasteiger partial charge in [-0.2, -0.15) is 0 Å². The molecule has 20 heavy (non-hydrogen) atoms. The molecule has 5 nitrogen and oxygen atoms in total. The molecule has 0 radical (unpaired) electrons. The Morgan fingerprint density at radius 1 is 1.50 bits per heavy atom. The highest BCUT2D eigenvalue weighted by molar-refractivity contribution is 7.09. The van der Waals surface area contributed by atoms with E-state index >= 15 is 0 Å². The number of nitrogens with one attached hydrogen (secondary N) is 1. The smallest absolute Gasteiger partial charge is 0.253 e. The van der Waals surface area contributed by atoms with E-state index in [9.17, 15) is 4.79 Å². The van der Waals surface area contributed by atoms with Crippen molar-refractivity contribution in [1.29, 1.82) is 0 Å². The van der Waals surface area contributed by atoms with E-state index < -0.39 is 0 Å². The molecule has 0 bridgehead atoms. The van der Waals surface area contributed by atoms with Crippen LogP contribution in [0.1, 0.15) is 26.6 Å². The Bertz CT molecular complexity index is 669. The molecular formula is C14H14N4OS. The molecule has 0 spiro atoms. The molecule has 102 valence electrons. The molecule has 2 aromatic rings. The van der Waals surface area contributed by atoms with Gasteiger partial charge in [-0.15, -0.1) is 11.3 Å². The normalized spacial score (nSPS) is 9.70. The summed E-state index contributed by atoms with van der Waals surface area (Å²) >= 11 is 1.56. The summed E-state index contributed by atoms with van der Waals surface area (Å²) in [6.07, 6.45) is 3.11. The number of carbonyl (C=O) groups excluding carboxylic acids is 1. The van der Waals surface area contributed by atoms with E-state index in [1.165, 1.54) is 6.20 Å². The molecule has 0 unspecified atom stereocenters. The second-order valence-electron chi connectivity index (χ2n) is 4.01. The predicted octanol–water partition coefficient (Wildman–Crippen LogP) is 1.09.